The fraction of sp³-hybridized carbons (Fsp3) is 0.158. The van der Waals surface area contributed by atoms with Crippen LogP contribution in [0.25, 0.3) is 10.9 Å². The average molecular weight is 322 g/mol. The number of para-hydroxylation sites is 2. The topological polar surface area (TPSA) is 74.7 Å². The van der Waals surface area contributed by atoms with Crippen molar-refractivity contribution in [2.24, 2.45) is 4.99 Å². The number of esters is 1. The number of ether oxygens (including phenoxy) is 1. The maximum atomic E-state index is 12.1. The number of aromatic amines is 1. The summed E-state index contributed by atoms with van der Waals surface area (Å²) in [5, 5.41) is 10.9. The van der Waals surface area contributed by atoms with E-state index in [-0.39, 0.29) is 5.75 Å². The van der Waals surface area contributed by atoms with Crippen LogP contribution in [0.1, 0.15) is 11.1 Å². The first-order valence-corrected chi connectivity index (χ1v) is 7.63. The van der Waals surface area contributed by atoms with E-state index in [1.807, 2.05) is 30.5 Å². The number of phenolic OH excluding ortho intramolecular Hbond substituents is 1. The van der Waals surface area contributed by atoms with Gasteiger partial charge in [0.2, 0.25) is 0 Å². The van der Waals surface area contributed by atoms with Crippen molar-refractivity contribution in [3.8, 4) is 5.75 Å². The molecule has 0 spiro atoms. The highest BCUT2D eigenvalue weighted by Gasteiger charge is 2.20. The van der Waals surface area contributed by atoms with Crippen LogP contribution < -0.4 is 0 Å². The Morgan fingerprint density at radius 3 is 2.79 bits per heavy atom. The van der Waals surface area contributed by atoms with E-state index >= 15 is 0 Å². The summed E-state index contributed by atoms with van der Waals surface area (Å²) in [4.78, 5) is 19.6. The van der Waals surface area contributed by atoms with Crippen molar-refractivity contribution < 1.29 is 14.6 Å². The van der Waals surface area contributed by atoms with E-state index in [1.165, 1.54) is 13.3 Å². The number of H-pyrrole nitrogens is 1. The molecule has 0 radical (unpaired) electrons. The molecule has 0 fully saturated rings. The highest BCUT2D eigenvalue weighted by Crippen LogP contribution is 2.20. The van der Waals surface area contributed by atoms with Gasteiger partial charge in [-0.3, -0.25) is 4.99 Å². The van der Waals surface area contributed by atoms with Crippen LogP contribution in [0, 0.1) is 0 Å². The smallest absolute Gasteiger partial charge is 0.330 e. The van der Waals surface area contributed by atoms with Crippen molar-refractivity contribution in [1.82, 2.24) is 4.98 Å². The van der Waals surface area contributed by atoms with Crippen molar-refractivity contribution in [3.05, 3.63) is 65.9 Å². The quantitative estimate of drug-likeness (QED) is 0.560. The Bertz CT molecular complexity index is 883. The molecule has 0 aliphatic rings. The van der Waals surface area contributed by atoms with Crippen LogP contribution in [-0.2, 0) is 16.0 Å². The van der Waals surface area contributed by atoms with Gasteiger partial charge >= 0.3 is 5.97 Å². The molecule has 0 unspecified atom stereocenters. The van der Waals surface area contributed by atoms with E-state index in [0.29, 0.717) is 12.0 Å². The van der Waals surface area contributed by atoms with Gasteiger partial charge in [-0.05, 0) is 23.8 Å². The fourth-order valence-electron chi connectivity index (χ4n) is 2.61. The number of methoxy groups -OCH3 is 1. The Balaban J connectivity index is 1.87. The summed E-state index contributed by atoms with van der Waals surface area (Å²) >= 11 is 0. The number of nitrogens with zero attached hydrogens (tertiary/aromatic N) is 1. The van der Waals surface area contributed by atoms with Gasteiger partial charge in [-0.2, -0.15) is 0 Å². The molecular formula is C19H18N2O3. The number of carbonyl (C=O) groups is 1. The molecule has 5 heteroatoms. The van der Waals surface area contributed by atoms with Crippen LogP contribution >= 0.6 is 0 Å². The molecule has 0 amide bonds. The Hall–Kier alpha value is -3.08. The Labute approximate surface area is 139 Å². The SMILES string of the molecule is COC(=O)[C@@H](Cc1c[nH]c2ccccc12)N=Cc1ccccc1O. The Morgan fingerprint density at radius 1 is 1.25 bits per heavy atom. The van der Waals surface area contributed by atoms with Gasteiger partial charge in [-0.1, -0.05) is 30.3 Å². The minimum Gasteiger partial charge on any atom is -0.507 e. The lowest BCUT2D eigenvalue weighted by Gasteiger charge is -2.10. The van der Waals surface area contributed by atoms with Crippen molar-refractivity contribution in [1.29, 1.82) is 0 Å². The lowest BCUT2D eigenvalue weighted by molar-refractivity contribution is -0.142. The van der Waals surface area contributed by atoms with Gasteiger partial charge in [0.15, 0.2) is 6.04 Å². The standard InChI is InChI=1S/C19H18N2O3/c1-24-19(23)17(21-11-13-6-2-5-9-18(13)22)10-14-12-20-16-8-4-3-7-15(14)16/h2-9,11-12,17,20,22H,10H2,1H3/t17-/m1/s1. The van der Waals surface area contributed by atoms with E-state index in [9.17, 15) is 9.90 Å². The summed E-state index contributed by atoms with van der Waals surface area (Å²) in [6, 6.07) is 14.1. The monoisotopic (exact) mass is 322 g/mol. The minimum absolute atomic E-state index is 0.122. The van der Waals surface area contributed by atoms with E-state index in [0.717, 1.165) is 16.5 Å². The summed E-state index contributed by atoms with van der Waals surface area (Å²) < 4.78 is 4.87. The maximum Gasteiger partial charge on any atom is 0.330 e. The molecule has 1 heterocycles. The van der Waals surface area contributed by atoms with Crippen LogP contribution in [0.3, 0.4) is 0 Å². The number of benzene rings is 2. The Kier molecular flexibility index (Phi) is 4.61. The van der Waals surface area contributed by atoms with E-state index in [4.69, 9.17) is 4.74 Å². The van der Waals surface area contributed by atoms with Crippen molar-refractivity contribution in [3.63, 3.8) is 0 Å². The molecular weight excluding hydrogens is 304 g/mol. The molecule has 0 aliphatic heterocycles. The van der Waals surface area contributed by atoms with Crippen molar-refractivity contribution in [2.45, 2.75) is 12.5 Å². The zero-order chi connectivity index (χ0) is 16.9. The number of aromatic hydroxyl groups is 1. The van der Waals surface area contributed by atoms with Gasteiger partial charge in [-0.25, -0.2) is 4.79 Å². The summed E-state index contributed by atoms with van der Waals surface area (Å²) in [6.07, 6.45) is 3.81. The molecule has 0 saturated heterocycles. The lowest BCUT2D eigenvalue weighted by atomic mass is 10.1. The minimum atomic E-state index is -0.672. The zero-order valence-electron chi connectivity index (χ0n) is 13.3. The number of phenols is 1. The molecule has 0 saturated carbocycles. The number of hydrogen-bond acceptors (Lipinski definition) is 4. The normalized spacial score (nSPS) is 12.5. The first-order chi connectivity index (χ1) is 11.7. The van der Waals surface area contributed by atoms with E-state index < -0.39 is 12.0 Å². The maximum absolute atomic E-state index is 12.1. The second kappa shape index (κ2) is 7.00. The second-order valence-corrected chi connectivity index (χ2v) is 5.44. The summed E-state index contributed by atoms with van der Waals surface area (Å²) in [6.45, 7) is 0. The molecule has 1 aromatic heterocycles. The first-order valence-electron chi connectivity index (χ1n) is 7.63. The molecule has 122 valence electrons. The van der Waals surface area contributed by atoms with Gasteiger partial charge in [-0.15, -0.1) is 0 Å². The molecule has 2 aromatic carbocycles. The van der Waals surface area contributed by atoms with Gasteiger partial charge in [0.25, 0.3) is 0 Å². The number of hydrogen-bond donors (Lipinski definition) is 2. The van der Waals surface area contributed by atoms with Gasteiger partial charge in [0.1, 0.15) is 5.75 Å². The third-order valence-corrected chi connectivity index (χ3v) is 3.89. The van der Waals surface area contributed by atoms with E-state index in [1.54, 1.807) is 24.3 Å². The predicted octanol–water partition coefficient (Wildman–Crippen LogP) is 3.08. The van der Waals surface area contributed by atoms with Gasteiger partial charge in [0, 0.05) is 35.3 Å². The largest absolute Gasteiger partial charge is 0.507 e. The number of nitrogens with one attached hydrogen (secondary N) is 1. The third-order valence-electron chi connectivity index (χ3n) is 3.89. The predicted molar refractivity (Wildman–Crippen MR) is 93.5 cm³/mol. The van der Waals surface area contributed by atoms with Gasteiger partial charge in [0.05, 0.1) is 7.11 Å². The molecule has 0 bridgehead atoms. The van der Waals surface area contributed by atoms with Crippen LogP contribution in [-0.4, -0.2) is 35.4 Å². The fourth-order valence-corrected chi connectivity index (χ4v) is 2.61. The average Bonchev–Trinajstić information content (AvgIpc) is 3.02. The molecule has 24 heavy (non-hydrogen) atoms. The first kappa shape index (κ1) is 15.8. The van der Waals surface area contributed by atoms with Crippen LogP contribution in [0.15, 0.2) is 59.7 Å². The zero-order valence-corrected chi connectivity index (χ0v) is 13.3. The summed E-state index contributed by atoms with van der Waals surface area (Å²) in [5.74, 6) is -0.288. The van der Waals surface area contributed by atoms with Crippen molar-refractivity contribution >= 4 is 23.1 Å². The second-order valence-electron chi connectivity index (χ2n) is 5.44. The lowest BCUT2D eigenvalue weighted by Crippen LogP contribution is -2.23. The molecule has 5 nitrogen and oxygen atoms in total. The van der Waals surface area contributed by atoms with Gasteiger partial charge < -0.3 is 14.8 Å². The molecule has 3 rings (SSSR count). The number of rotatable bonds is 5. The summed E-state index contributed by atoms with van der Waals surface area (Å²) in [7, 11) is 1.35. The molecule has 1 atom stereocenters. The Morgan fingerprint density at radius 2 is 2.00 bits per heavy atom. The molecule has 3 aromatic rings. The molecule has 0 aliphatic carbocycles. The number of fused-ring (bicyclic) bond motifs is 1. The van der Waals surface area contributed by atoms with Crippen LogP contribution in [0.2, 0.25) is 0 Å². The van der Waals surface area contributed by atoms with Crippen LogP contribution in [0.5, 0.6) is 5.75 Å². The third kappa shape index (κ3) is 3.30. The number of carbonyl (C=O) groups excluding carboxylic acids is 1. The highest BCUT2D eigenvalue weighted by atomic mass is 16.5. The van der Waals surface area contributed by atoms with Crippen LogP contribution in [0.4, 0.5) is 0 Å². The molecule has 2 N–H and O–H groups in total. The number of aliphatic imine (C=N–C) groups is 1. The summed E-state index contributed by atoms with van der Waals surface area (Å²) in [5.41, 5.74) is 2.57. The highest BCUT2D eigenvalue weighted by molar-refractivity contribution is 5.88. The van der Waals surface area contributed by atoms with Crippen molar-refractivity contribution in [2.75, 3.05) is 7.11 Å². The van der Waals surface area contributed by atoms with E-state index in [2.05, 4.69) is 9.98 Å². The number of aromatic nitrogens is 1.